The first-order valence-corrected chi connectivity index (χ1v) is 11.2. The van der Waals surface area contributed by atoms with Crippen LogP contribution in [0.25, 0.3) is 11.1 Å². The van der Waals surface area contributed by atoms with E-state index in [9.17, 15) is 14.7 Å². The number of amides is 2. The fourth-order valence-corrected chi connectivity index (χ4v) is 4.36. The molecule has 1 radical (unpaired) electrons. The molecule has 169 valence electrons. The molecule has 1 N–H and O–H groups in total. The van der Waals surface area contributed by atoms with Crippen LogP contribution in [-0.4, -0.2) is 79.7 Å². The zero-order valence-electron chi connectivity index (χ0n) is 18.5. The van der Waals surface area contributed by atoms with Gasteiger partial charge in [0.1, 0.15) is 5.75 Å². The maximum Gasteiger partial charge on any atom is 0.256 e. The largest absolute Gasteiger partial charge is 0.497 e. The summed E-state index contributed by atoms with van der Waals surface area (Å²) in [5.41, 5.74) is 2.93. The van der Waals surface area contributed by atoms with Crippen molar-refractivity contribution in [3.8, 4) is 16.9 Å². The first-order valence-electron chi connectivity index (χ1n) is 11.2. The average molecular weight is 437 g/mol. The van der Waals surface area contributed by atoms with E-state index in [4.69, 9.17) is 4.74 Å². The van der Waals surface area contributed by atoms with Gasteiger partial charge in [0, 0.05) is 45.7 Å². The second-order valence-electron chi connectivity index (χ2n) is 8.23. The monoisotopic (exact) mass is 436 g/mol. The fraction of sp³-hybridized carbons (Fsp3) is 0.440. The lowest BCUT2D eigenvalue weighted by atomic mass is 9.99. The van der Waals surface area contributed by atoms with Crippen LogP contribution >= 0.6 is 0 Å². The third-order valence-corrected chi connectivity index (χ3v) is 6.25. The SMILES string of the molecule is COc1ccc(-c2[c]cc(N3CCCCC3=O)c(C(=O)N3CCN(CCO)CC3)c2)cc1. The highest BCUT2D eigenvalue weighted by molar-refractivity contribution is 6.06. The Hall–Kier alpha value is -2.90. The van der Waals surface area contributed by atoms with Crippen molar-refractivity contribution in [2.24, 2.45) is 0 Å². The predicted molar refractivity (Wildman–Crippen MR) is 123 cm³/mol. The van der Waals surface area contributed by atoms with Gasteiger partial charge in [0.2, 0.25) is 5.91 Å². The number of hydrogen-bond donors (Lipinski definition) is 1. The lowest BCUT2D eigenvalue weighted by molar-refractivity contribution is -0.119. The van der Waals surface area contributed by atoms with E-state index >= 15 is 0 Å². The summed E-state index contributed by atoms with van der Waals surface area (Å²) in [7, 11) is 1.63. The summed E-state index contributed by atoms with van der Waals surface area (Å²) < 4.78 is 5.25. The van der Waals surface area contributed by atoms with Crippen molar-refractivity contribution in [2.45, 2.75) is 19.3 Å². The molecule has 2 aliphatic heterocycles. The summed E-state index contributed by atoms with van der Waals surface area (Å²) >= 11 is 0. The molecule has 4 rings (SSSR count). The van der Waals surface area contributed by atoms with Crippen molar-refractivity contribution in [3.63, 3.8) is 0 Å². The Bertz CT molecular complexity index is 952. The Morgan fingerprint density at radius 3 is 2.50 bits per heavy atom. The Balaban J connectivity index is 1.66. The zero-order chi connectivity index (χ0) is 22.5. The van der Waals surface area contributed by atoms with E-state index in [2.05, 4.69) is 11.0 Å². The number of piperidine rings is 1. The van der Waals surface area contributed by atoms with Crippen molar-refractivity contribution in [3.05, 3.63) is 48.0 Å². The number of methoxy groups -OCH3 is 1. The smallest absolute Gasteiger partial charge is 0.256 e. The number of ether oxygens (including phenoxy) is 1. The maximum absolute atomic E-state index is 13.6. The van der Waals surface area contributed by atoms with E-state index in [-0.39, 0.29) is 18.4 Å². The highest BCUT2D eigenvalue weighted by atomic mass is 16.5. The molecule has 2 heterocycles. The van der Waals surface area contributed by atoms with Crippen LogP contribution in [0.1, 0.15) is 29.6 Å². The molecule has 2 aliphatic rings. The molecule has 0 atom stereocenters. The van der Waals surface area contributed by atoms with Crippen LogP contribution in [0.5, 0.6) is 5.75 Å². The first kappa shape index (κ1) is 22.3. The third kappa shape index (κ3) is 4.79. The van der Waals surface area contributed by atoms with Crippen LogP contribution in [0.15, 0.2) is 36.4 Å². The quantitative estimate of drug-likeness (QED) is 0.753. The van der Waals surface area contributed by atoms with Gasteiger partial charge in [-0.15, -0.1) is 0 Å². The molecular weight excluding hydrogens is 406 g/mol. The molecule has 0 unspecified atom stereocenters. The number of carbonyl (C=O) groups excluding carboxylic acids is 2. The molecule has 0 spiro atoms. The number of aliphatic hydroxyl groups is 1. The molecule has 0 aliphatic carbocycles. The minimum Gasteiger partial charge on any atom is -0.497 e. The average Bonchev–Trinajstić information content (AvgIpc) is 2.84. The fourth-order valence-electron chi connectivity index (χ4n) is 4.36. The summed E-state index contributed by atoms with van der Waals surface area (Å²) in [4.78, 5) is 32.0. The third-order valence-electron chi connectivity index (χ3n) is 6.25. The number of rotatable bonds is 6. The van der Waals surface area contributed by atoms with Crippen LogP contribution in [0.4, 0.5) is 5.69 Å². The van der Waals surface area contributed by atoms with Gasteiger partial charge < -0.3 is 19.6 Å². The molecule has 7 nitrogen and oxygen atoms in total. The molecule has 2 saturated heterocycles. The van der Waals surface area contributed by atoms with Crippen LogP contribution < -0.4 is 9.64 Å². The summed E-state index contributed by atoms with van der Waals surface area (Å²) in [6, 6.07) is 14.6. The normalized spacial score (nSPS) is 17.5. The molecule has 2 amide bonds. The van der Waals surface area contributed by atoms with Gasteiger partial charge in [0.15, 0.2) is 0 Å². The van der Waals surface area contributed by atoms with Gasteiger partial charge in [-0.25, -0.2) is 0 Å². The molecule has 2 aromatic carbocycles. The zero-order valence-corrected chi connectivity index (χ0v) is 18.5. The van der Waals surface area contributed by atoms with E-state index in [0.29, 0.717) is 43.9 Å². The number of β-amino-alcohol motifs (C(OH)–C–C–N with tert-alkyl or cyclic N) is 1. The highest BCUT2D eigenvalue weighted by Crippen LogP contribution is 2.31. The summed E-state index contributed by atoms with van der Waals surface area (Å²) in [6.07, 6.45) is 2.33. The number of aliphatic hydroxyl groups excluding tert-OH is 1. The predicted octanol–water partition coefficient (Wildman–Crippen LogP) is 2.43. The Morgan fingerprint density at radius 2 is 1.84 bits per heavy atom. The number of piperazine rings is 1. The number of nitrogens with zero attached hydrogens (tertiary/aromatic N) is 3. The van der Waals surface area contributed by atoms with Gasteiger partial charge in [-0.05, 0) is 54.3 Å². The lowest BCUT2D eigenvalue weighted by Gasteiger charge is -2.35. The molecule has 32 heavy (non-hydrogen) atoms. The topological polar surface area (TPSA) is 73.3 Å². The van der Waals surface area contributed by atoms with Crippen molar-refractivity contribution < 1.29 is 19.4 Å². The minimum atomic E-state index is -0.0641. The van der Waals surface area contributed by atoms with E-state index in [0.717, 1.165) is 42.8 Å². The van der Waals surface area contributed by atoms with E-state index in [1.807, 2.05) is 35.2 Å². The Morgan fingerprint density at radius 1 is 1.09 bits per heavy atom. The van der Waals surface area contributed by atoms with Crippen LogP contribution in [0.3, 0.4) is 0 Å². The van der Waals surface area contributed by atoms with Gasteiger partial charge >= 0.3 is 0 Å². The van der Waals surface area contributed by atoms with E-state index < -0.39 is 0 Å². The Kier molecular flexibility index (Phi) is 7.07. The number of benzene rings is 2. The molecule has 0 saturated carbocycles. The van der Waals surface area contributed by atoms with Gasteiger partial charge in [-0.2, -0.15) is 0 Å². The second-order valence-corrected chi connectivity index (χ2v) is 8.23. The van der Waals surface area contributed by atoms with Gasteiger partial charge in [-0.1, -0.05) is 12.1 Å². The van der Waals surface area contributed by atoms with Crippen LogP contribution in [0, 0.1) is 6.07 Å². The van der Waals surface area contributed by atoms with Crippen LogP contribution in [0.2, 0.25) is 0 Å². The molecule has 0 bridgehead atoms. The Labute approximate surface area is 189 Å². The number of anilines is 1. The van der Waals surface area contributed by atoms with E-state index in [1.54, 1.807) is 18.1 Å². The molecule has 2 aromatic rings. The standard InChI is InChI=1S/C25H30N3O4/c1-32-21-8-5-19(6-9-21)20-7-10-23(28-11-3-2-4-24(28)30)22(18-20)25(31)27-14-12-26(13-15-27)16-17-29/h5-6,8-10,18,29H,2-4,11-17H2,1H3. The van der Waals surface area contributed by atoms with Gasteiger partial charge in [0.25, 0.3) is 5.91 Å². The maximum atomic E-state index is 13.6. The minimum absolute atomic E-state index is 0.0589. The van der Waals surface area contributed by atoms with E-state index in [1.165, 1.54) is 0 Å². The lowest BCUT2D eigenvalue weighted by Crippen LogP contribution is -2.49. The van der Waals surface area contributed by atoms with Crippen molar-refractivity contribution in [1.82, 2.24) is 9.80 Å². The van der Waals surface area contributed by atoms with Gasteiger partial charge in [-0.3, -0.25) is 14.5 Å². The van der Waals surface area contributed by atoms with Crippen LogP contribution in [-0.2, 0) is 4.79 Å². The molecule has 2 fully saturated rings. The summed E-state index contributed by atoms with van der Waals surface area (Å²) in [6.45, 7) is 4.03. The highest BCUT2D eigenvalue weighted by Gasteiger charge is 2.28. The van der Waals surface area contributed by atoms with Crippen molar-refractivity contribution in [2.75, 3.05) is 57.9 Å². The number of carbonyl (C=O) groups is 2. The first-order chi connectivity index (χ1) is 15.6. The molecule has 0 aromatic heterocycles. The van der Waals surface area contributed by atoms with Gasteiger partial charge in [0.05, 0.1) is 25.0 Å². The summed E-state index contributed by atoms with van der Waals surface area (Å²) in [5.74, 6) is 0.760. The summed E-state index contributed by atoms with van der Waals surface area (Å²) in [5, 5.41) is 9.18. The molecule has 7 heteroatoms. The molecular formula is C25H30N3O4. The number of hydrogen-bond acceptors (Lipinski definition) is 5. The second kappa shape index (κ2) is 10.1. The van der Waals surface area contributed by atoms with Crippen molar-refractivity contribution in [1.29, 1.82) is 0 Å². The van der Waals surface area contributed by atoms with Crippen molar-refractivity contribution >= 4 is 17.5 Å².